The Morgan fingerprint density at radius 2 is 1.57 bits per heavy atom. The third kappa shape index (κ3) is 2.88. The third-order valence-corrected chi connectivity index (χ3v) is 5.27. The molecule has 0 bridgehead atoms. The summed E-state index contributed by atoms with van der Waals surface area (Å²) in [6.45, 7) is 1.95. The van der Waals surface area contributed by atoms with Gasteiger partial charge in [0.2, 0.25) is 0 Å². The number of halogens is 1. The molecule has 0 radical (unpaired) electrons. The fourth-order valence-corrected chi connectivity index (χ4v) is 3.58. The zero-order valence-electron chi connectivity index (χ0n) is 11.6. The van der Waals surface area contributed by atoms with Crippen LogP contribution in [0.15, 0.2) is 60.0 Å². The van der Waals surface area contributed by atoms with Crippen molar-refractivity contribution in [1.82, 2.24) is 0 Å². The van der Waals surface area contributed by atoms with E-state index in [0.29, 0.717) is 5.02 Å². The molecule has 1 atom stereocenters. The first kappa shape index (κ1) is 14.3. The molecule has 3 heteroatoms. The van der Waals surface area contributed by atoms with Crippen molar-refractivity contribution < 1.29 is 5.11 Å². The fourth-order valence-electron chi connectivity index (χ4n) is 2.27. The van der Waals surface area contributed by atoms with Crippen LogP contribution in [0.25, 0.3) is 11.1 Å². The highest BCUT2D eigenvalue weighted by molar-refractivity contribution is 7.10. The topological polar surface area (TPSA) is 20.2 Å². The molecular weight excluding hydrogens is 300 g/mol. The largest absolute Gasteiger partial charge is 0.383 e. The third-order valence-electron chi connectivity index (χ3n) is 3.51. The maximum Gasteiger partial charge on any atom is 0.115 e. The second-order valence-corrected chi connectivity index (χ2v) is 6.28. The van der Waals surface area contributed by atoms with Gasteiger partial charge in [0.1, 0.15) is 6.10 Å². The number of thiophene rings is 1. The molecule has 21 heavy (non-hydrogen) atoms. The highest BCUT2D eigenvalue weighted by Crippen LogP contribution is 2.36. The number of hydrogen-bond acceptors (Lipinski definition) is 2. The summed E-state index contributed by atoms with van der Waals surface area (Å²) >= 11 is 7.73. The molecule has 3 rings (SSSR count). The first-order chi connectivity index (χ1) is 10.2. The monoisotopic (exact) mass is 314 g/mol. The van der Waals surface area contributed by atoms with E-state index in [1.165, 1.54) is 16.9 Å². The average Bonchev–Trinajstić information content (AvgIpc) is 2.87. The first-order valence-electron chi connectivity index (χ1n) is 6.74. The van der Waals surface area contributed by atoms with Gasteiger partial charge in [0.15, 0.2) is 0 Å². The molecule has 1 unspecified atom stereocenters. The van der Waals surface area contributed by atoms with Gasteiger partial charge in [0.25, 0.3) is 0 Å². The Morgan fingerprint density at radius 1 is 0.952 bits per heavy atom. The van der Waals surface area contributed by atoms with E-state index in [1.54, 1.807) is 0 Å². The number of aryl methyl sites for hydroxylation is 1. The summed E-state index contributed by atoms with van der Waals surface area (Å²) < 4.78 is 0. The molecule has 0 aliphatic carbocycles. The smallest absolute Gasteiger partial charge is 0.115 e. The Kier molecular flexibility index (Phi) is 4.11. The minimum Gasteiger partial charge on any atom is -0.383 e. The van der Waals surface area contributed by atoms with Gasteiger partial charge in [0.05, 0.1) is 9.90 Å². The predicted molar refractivity (Wildman–Crippen MR) is 90.0 cm³/mol. The average molecular weight is 315 g/mol. The minimum absolute atomic E-state index is 0.666. The van der Waals surface area contributed by atoms with Crippen molar-refractivity contribution in [1.29, 1.82) is 0 Å². The van der Waals surface area contributed by atoms with Crippen molar-refractivity contribution in [2.45, 2.75) is 13.0 Å². The predicted octanol–water partition coefficient (Wildman–Crippen LogP) is 5.46. The Bertz CT molecular complexity index is 732. The Labute approximate surface area is 133 Å². The van der Waals surface area contributed by atoms with Gasteiger partial charge in [-0.1, -0.05) is 66.2 Å². The van der Waals surface area contributed by atoms with Crippen molar-refractivity contribution in [2.24, 2.45) is 0 Å². The van der Waals surface area contributed by atoms with Crippen molar-refractivity contribution in [3.8, 4) is 11.1 Å². The van der Waals surface area contributed by atoms with Crippen LogP contribution in [0.4, 0.5) is 0 Å². The van der Waals surface area contributed by atoms with E-state index in [9.17, 15) is 5.11 Å². The fraction of sp³-hybridized carbons (Fsp3) is 0.111. The molecule has 1 heterocycles. The van der Waals surface area contributed by atoms with Crippen molar-refractivity contribution in [3.05, 3.63) is 81.0 Å². The summed E-state index contributed by atoms with van der Waals surface area (Å²) in [5, 5.41) is 13.1. The van der Waals surface area contributed by atoms with Crippen molar-refractivity contribution in [2.75, 3.05) is 0 Å². The number of rotatable bonds is 3. The molecule has 0 saturated carbocycles. The normalized spacial score (nSPS) is 12.3. The van der Waals surface area contributed by atoms with Gasteiger partial charge in [-0.05, 0) is 34.6 Å². The molecule has 0 fully saturated rings. The van der Waals surface area contributed by atoms with Crippen LogP contribution in [-0.2, 0) is 0 Å². The molecule has 0 aliphatic rings. The standard InChI is InChI=1S/C18H15ClOS/c1-12-11-21-18(16(12)19)17(20)15-9-7-14(8-10-15)13-5-3-2-4-6-13/h2-11,17,20H,1H3. The molecule has 3 aromatic rings. The summed E-state index contributed by atoms with van der Waals surface area (Å²) in [4.78, 5) is 0.807. The van der Waals surface area contributed by atoms with Crippen LogP contribution in [0.3, 0.4) is 0 Å². The van der Waals surface area contributed by atoms with Gasteiger partial charge in [0, 0.05) is 0 Å². The first-order valence-corrected chi connectivity index (χ1v) is 7.99. The molecule has 0 saturated heterocycles. The van der Waals surface area contributed by atoms with E-state index >= 15 is 0 Å². The van der Waals surface area contributed by atoms with Gasteiger partial charge in [-0.15, -0.1) is 11.3 Å². The molecule has 0 aliphatic heterocycles. The summed E-state index contributed by atoms with van der Waals surface area (Å²) in [7, 11) is 0. The summed E-state index contributed by atoms with van der Waals surface area (Å²) in [6.07, 6.45) is -0.666. The van der Waals surface area contributed by atoms with E-state index in [2.05, 4.69) is 12.1 Å². The Balaban J connectivity index is 1.89. The van der Waals surface area contributed by atoms with E-state index in [0.717, 1.165) is 21.6 Å². The van der Waals surface area contributed by atoms with E-state index in [4.69, 9.17) is 11.6 Å². The second kappa shape index (κ2) is 6.02. The number of aliphatic hydroxyl groups excluding tert-OH is 1. The van der Waals surface area contributed by atoms with Crippen LogP contribution >= 0.6 is 22.9 Å². The molecule has 1 nitrogen and oxygen atoms in total. The maximum atomic E-state index is 10.5. The lowest BCUT2D eigenvalue weighted by Gasteiger charge is -2.11. The van der Waals surface area contributed by atoms with Crippen LogP contribution in [-0.4, -0.2) is 5.11 Å². The zero-order valence-corrected chi connectivity index (χ0v) is 13.2. The maximum absolute atomic E-state index is 10.5. The summed E-state index contributed by atoms with van der Waals surface area (Å²) in [6, 6.07) is 18.2. The van der Waals surface area contributed by atoms with Gasteiger partial charge in [-0.2, -0.15) is 0 Å². The zero-order chi connectivity index (χ0) is 14.8. The van der Waals surface area contributed by atoms with Gasteiger partial charge in [-0.3, -0.25) is 0 Å². The van der Waals surface area contributed by atoms with Crippen molar-refractivity contribution in [3.63, 3.8) is 0 Å². The van der Waals surface area contributed by atoms with Crippen LogP contribution in [0.2, 0.25) is 5.02 Å². The van der Waals surface area contributed by atoms with Crippen LogP contribution in [0.1, 0.15) is 22.1 Å². The SMILES string of the molecule is Cc1csc(C(O)c2ccc(-c3ccccc3)cc2)c1Cl. The summed E-state index contributed by atoms with van der Waals surface area (Å²) in [5.41, 5.74) is 4.18. The molecule has 1 N–H and O–H groups in total. The Morgan fingerprint density at radius 3 is 2.14 bits per heavy atom. The number of aliphatic hydroxyl groups is 1. The quantitative estimate of drug-likeness (QED) is 0.680. The van der Waals surface area contributed by atoms with E-state index in [-0.39, 0.29) is 0 Å². The lowest BCUT2D eigenvalue weighted by atomic mass is 10.0. The molecule has 1 aromatic heterocycles. The van der Waals surface area contributed by atoms with Crippen LogP contribution in [0.5, 0.6) is 0 Å². The lowest BCUT2D eigenvalue weighted by molar-refractivity contribution is 0.224. The van der Waals surface area contributed by atoms with E-state index in [1.807, 2.05) is 54.8 Å². The molecule has 106 valence electrons. The van der Waals surface area contributed by atoms with E-state index < -0.39 is 6.10 Å². The van der Waals surface area contributed by atoms with Gasteiger partial charge >= 0.3 is 0 Å². The highest BCUT2D eigenvalue weighted by Gasteiger charge is 2.17. The molecule has 2 aromatic carbocycles. The highest BCUT2D eigenvalue weighted by atomic mass is 35.5. The molecule has 0 spiro atoms. The molecular formula is C18H15ClOS. The van der Waals surface area contributed by atoms with Crippen molar-refractivity contribution >= 4 is 22.9 Å². The lowest BCUT2D eigenvalue weighted by Crippen LogP contribution is -1.97. The Hall–Kier alpha value is -1.61. The summed E-state index contributed by atoms with van der Waals surface area (Å²) in [5.74, 6) is 0. The molecule has 0 amide bonds. The number of hydrogen-bond donors (Lipinski definition) is 1. The van der Waals surface area contributed by atoms with Crippen LogP contribution in [0, 0.1) is 6.92 Å². The second-order valence-electron chi connectivity index (χ2n) is 4.99. The van der Waals surface area contributed by atoms with Gasteiger partial charge < -0.3 is 5.11 Å². The van der Waals surface area contributed by atoms with Crippen LogP contribution < -0.4 is 0 Å². The number of benzene rings is 2. The van der Waals surface area contributed by atoms with Gasteiger partial charge in [-0.25, -0.2) is 0 Å². The minimum atomic E-state index is -0.666.